The average molecular weight is 278 g/mol. The van der Waals surface area contributed by atoms with Gasteiger partial charge in [0.2, 0.25) is 0 Å². The van der Waals surface area contributed by atoms with Crippen molar-refractivity contribution < 1.29 is 13.5 Å². The molecular weight excluding hydrogens is 262 g/mol. The summed E-state index contributed by atoms with van der Waals surface area (Å²) in [5.41, 5.74) is 7.42. The lowest BCUT2D eigenvalue weighted by Crippen LogP contribution is -2.01. The summed E-state index contributed by atoms with van der Waals surface area (Å²) in [6, 6.07) is 9.67. The Morgan fingerprint density at radius 2 is 1.95 bits per heavy atom. The van der Waals surface area contributed by atoms with E-state index in [1.165, 1.54) is 13.2 Å². The number of nitrogens with one attached hydrogen (secondary N) is 1. The molecular formula is C15H16F2N2O. The van der Waals surface area contributed by atoms with Gasteiger partial charge in [-0.2, -0.15) is 0 Å². The zero-order valence-electron chi connectivity index (χ0n) is 11.1. The lowest BCUT2D eigenvalue weighted by atomic mass is 10.1. The maximum absolute atomic E-state index is 13.6. The summed E-state index contributed by atoms with van der Waals surface area (Å²) in [5.74, 6) is 0.195. The predicted molar refractivity (Wildman–Crippen MR) is 75.4 cm³/mol. The average Bonchev–Trinajstić information content (AvgIpc) is 2.48. The maximum Gasteiger partial charge on any atom is 0.129 e. The van der Waals surface area contributed by atoms with Crippen molar-refractivity contribution in [2.45, 2.75) is 13.2 Å². The fraction of sp³-hybridized carbons (Fsp3) is 0.200. The predicted octanol–water partition coefficient (Wildman–Crippen LogP) is 3.51. The third kappa shape index (κ3) is 3.05. The molecule has 0 fully saturated rings. The molecule has 2 rings (SSSR count). The van der Waals surface area contributed by atoms with Gasteiger partial charge in [0.1, 0.15) is 18.2 Å². The van der Waals surface area contributed by atoms with Gasteiger partial charge in [0.25, 0.3) is 0 Å². The Bertz CT molecular complexity index is 602. The van der Waals surface area contributed by atoms with Crippen LogP contribution in [0.1, 0.15) is 11.1 Å². The molecule has 0 heterocycles. The van der Waals surface area contributed by atoms with Crippen LogP contribution in [0, 0.1) is 5.82 Å². The number of rotatable bonds is 5. The van der Waals surface area contributed by atoms with Crippen LogP contribution in [0.15, 0.2) is 36.4 Å². The van der Waals surface area contributed by atoms with E-state index in [1.54, 1.807) is 30.3 Å². The first-order chi connectivity index (χ1) is 9.67. The minimum Gasteiger partial charge on any atom is -0.497 e. The molecule has 0 radical (unpaired) electrons. The molecule has 0 atom stereocenters. The second-order valence-electron chi connectivity index (χ2n) is 4.29. The molecule has 20 heavy (non-hydrogen) atoms. The Morgan fingerprint density at radius 1 is 1.15 bits per heavy atom. The van der Waals surface area contributed by atoms with E-state index in [1.807, 2.05) is 0 Å². The highest BCUT2D eigenvalue weighted by molar-refractivity contribution is 5.64. The number of halogens is 2. The molecule has 0 aliphatic heterocycles. The van der Waals surface area contributed by atoms with Gasteiger partial charge in [0.15, 0.2) is 0 Å². The highest BCUT2D eigenvalue weighted by Gasteiger charge is 2.07. The van der Waals surface area contributed by atoms with Crippen molar-refractivity contribution >= 4 is 11.4 Å². The molecule has 5 heteroatoms. The molecule has 0 saturated heterocycles. The molecule has 0 aliphatic carbocycles. The van der Waals surface area contributed by atoms with Crippen LogP contribution in [0.4, 0.5) is 20.2 Å². The highest BCUT2D eigenvalue weighted by atomic mass is 19.1. The molecule has 0 aromatic heterocycles. The summed E-state index contributed by atoms with van der Waals surface area (Å²) < 4.78 is 31.7. The van der Waals surface area contributed by atoms with Crippen LogP contribution in [0.25, 0.3) is 0 Å². The van der Waals surface area contributed by atoms with E-state index in [0.29, 0.717) is 28.3 Å². The van der Waals surface area contributed by atoms with Gasteiger partial charge in [-0.3, -0.25) is 0 Å². The van der Waals surface area contributed by atoms with Gasteiger partial charge in [-0.1, -0.05) is 6.07 Å². The molecule has 0 bridgehead atoms. The van der Waals surface area contributed by atoms with Gasteiger partial charge in [-0.25, -0.2) is 8.78 Å². The van der Waals surface area contributed by atoms with Crippen LogP contribution in [0.5, 0.6) is 5.75 Å². The van der Waals surface area contributed by atoms with E-state index in [9.17, 15) is 8.78 Å². The third-order valence-corrected chi connectivity index (χ3v) is 3.01. The lowest BCUT2D eigenvalue weighted by Gasteiger charge is -2.12. The molecule has 0 aliphatic rings. The van der Waals surface area contributed by atoms with E-state index >= 15 is 0 Å². The summed E-state index contributed by atoms with van der Waals surface area (Å²) in [4.78, 5) is 0. The maximum atomic E-state index is 13.6. The summed E-state index contributed by atoms with van der Waals surface area (Å²) in [5, 5.41) is 2.99. The SMILES string of the molecule is COc1ccc(Nc2ccc(CN)c(F)c2)c(CF)c1. The number of anilines is 2. The number of alkyl halides is 1. The van der Waals surface area contributed by atoms with Crippen LogP contribution < -0.4 is 15.8 Å². The van der Waals surface area contributed by atoms with E-state index < -0.39 is 6.67 Å². The number of hydrogen-bond acceptors (Lipinski definition) is 3. The van der Waals surface area contributed by atoms with Gasteiger partial charge < -0.3 is 15.8 Å². The van der Waals surface area contributed by atoms with Crippen LogP contribution in [0.3, 0.4) is 0 Å². The highest BCUT2D eigenvalue weighted by Crippen LogP contribution is 2.26. The first-order valence-corrected chi connectivity index (χ1v) is 6.16. The minimum atomic E-state index is -0.636. The van der Waals surface area contributed by atoms with Crippen LogP contribution in [-0.4, -0.2) is 7.11 Å². The summed E-state index contributed by atoms with van der Waals surface area (Å²) >= 11 is 0. The molecule has 0 spiro atoms. The smallest absolute Gasteiger partial charge is 0.129 e. The van der Waals surface area contributed by atoms with E-state index in [2.05, 4.69) is 5.32 Å². The molecule has 2 aromatic carbocycles. The fourth-order valence-corrected chi connectivity index (χ4v) is 1.88. The van der Waals surface area contributed by atoms with Crippen molar-refractivity contribution in [3.63, 3.8) is 0 Å². The quantitative estimate of drug-likeness (QED) is 0.880. The topological polar surface area (TPSA) is 47.3 Å². The van der Waals surface area contributed by atoms with Crippen LogP contribution >= 0.6 is 0 Å². The Morgan fingerprint density at radius 3 is 2.55 bits per heavy atom. The normalized spacial score (nSPS) is 10.4. The zero-order valence-corrected chi connectivity index (χ0v) is 11.1. The van der Waals surface area contributed by atoms with Gasteiger partial charge in [-0.15, -0.1) is 0 Å². The van der Waals surface area contributed by atoms with Crippen LogP contribution in [-0.2, 0) is 13.2 Å². The molecule has 0 saturated carbocycles. The van der Waals surface area contributed by atoms with E-state index in [0.717, 1.165) is 0 Å². The number of methoxy groups -OCH3 is 1. The Hall–Kier alpha value is -2.14. The first kappa shape index (κ1) is 14.3. The monoisotopic (exact) mass is 278 g/mol. The van der Waals surface area contributed by atoms with Gasteiger partial charge in [0.05, 0.1) is 7.11 Å². The summed E-state index contributed by atoms with van der Waals surface area (Å²) in [6.45, 7) is -0.493. The van der Waals surface area contributed by atoms with Gasteiger partial charge >= 0.3 is 0 Å². The number of hydrogen-bond donors (Lipinski definition) is 2. The molecule has 2 aromatic rings. The Labute approximate surface area is 116 Å². The van der Waals surface area contributed by atoms with Crippen molar-refractivity contribution in [2.75, 3.05) is 12.4 Å². The van der Waals surface area contributed by atoms with Crippen molar-refractivity contribution in [1.29, 1.82) is 0 Å². The molecule has 3 N–H and O–H groups in total. The number of ether oxygens (including phenoxy) is 1. The van der Waals surface area contributed by atoms with Crippen molar-refractivity contribution in [3.8, 4) is 5.75 Å². The van der Waals surface area contributed by atoms with Crippen molar-refractivity contribution in [2.24, 2.45) is 5.73 Å². The second-order valence-corrected chi connectivity index (χ2v) is 4.29. The van der Waals surface area contributed by atoms with E-state index in [4.69, 9.17) is 10.5 Å². The van der Waals surface area contributed by atoms with E-state index in [-0.39, 0.29) is 12.4 Å². The number of benzene rings is 2. The molecule has 0 unspecified atom stereocenters. The van der Waals surface area contributed by atoms with Gasteiger partial charge in [-0.05, 0) is 30.3 Å². The molecule has 0 amide bonds. The molecule has 106 valence electrons. The van der Waals surface area contributed by atoms with Crippen molar-refractivity contribution in [3.05, 3.63) is 53.3 Å². The van der Waals surface area contributed by atoms with Gasteiger partial charge in [0, 0.05) is 29.0 Å². The van der Waals surface area contributed by atoms with Crippen LogP contribution in [0.2, 0.25) is 0 Å². The first-order valence-electron chi connectivity index (χ1n) is 6.16. The summed E-state index contributed by atoms with van der Waals surface area (Å²) in [7, 11) is 1.52. The minimum absolute atomic E-state index is 0.143. The fourth-order valence-electron chi connectivity index (χ4n) is 1.88. The number of nitrogens with two attached hydrogens (primary N) is 1. The second kappa shape index (κ2) is 6.34. The molecule has 3 nitrogen and oxygen atoms in total. The largest absolute Gasteiger partial charge is 0.497 e. The Balaban J connectivity index is 2.27. The van der Waals surface area contributed by atoms with Crippen molar-refractivity contribution in [1.82, 2.24) is 0 Å². The zero-order chi connectivity index (χ0) is 14.5. The Kier molecular flexibility index (Phi) is 4.53. The standard InChI is InChI=1S/C15H16F2N2O/c1-20-13-4-5-15(11(6-13)8-16)19-12-3-2-10(9-18)14(17)7-12/h2-7,19H,8-9,18H2,1H3. The third-order valence-electron chi connectivity index (χ3n) is 3.01. The summed E-state index contributed by atoms with van der Waals surface area (Å²) in [6.07, 6.45) is 0. The lowest BCUT2D eigenvalue weighted by molar-refractivity contribution is 0.412.